The number of hydrogen-bond acceptors (Lipinski definition) is 4. The highest BCUT2D eigenvalue weighted by molar-refractivity contribution is 7.89. The average molecular weight is 272 g/mol. The second-order valence-electron chi connectivity index (χ2n) is 4.19. The van der Waals surface area contributed by atoms with Crippen LogP contribution in [0.5, 0.6) is 5.75 Å². The first-order valence-electron chi connectivity index (χ1n) is 5.76. The molecule has 0 aromatic heterocycles. The van der Waals surface area contributed by atoms with Crippen LogP contribution in [0.3, 0.4) is 0 Å². The highest BCUT2D eigenvalue weighted by atomic mass is 32.2. The number of ether oxygens (including phenoxy) is 1. The standard InChI is InChI=1S/C12H20N2O3S/c1-5-9(2)14(3)18(15,16)12-8-10(13)6-7-11(12)17-4/h6-9H,5,13H2,1-4H3. The Balaban J connectivity index is 3.31. The summed E-state index contributed by atoms with van der Waals surface area (Å²) in [6.07, 6.45) is 0.736. The molecule has 1 atom stereocenters. The lowest BCUT2D eigenvalue weighted by Gasteiger charge is -2.24. The molecule has 18 heavy (non-hydrogen) atoms. The van der Waals surface area contributed by atoms with Gasteiger partial charge in [-0.25, -0.2) is 8.42 Å². The van der Waals surface area contributed by atoms with Gasteiger partial charge in [0.25, 0.3) is 0 Å². The minimum atomic E-state index is -3.59. The largest absolute Gasteiger partial charge is 0.495 e. The fourth-order valence-corrected chi connectivity index (χ4v) is 3.17. The Bertz CT molecular complexity index is 514. The molecular weight excluding hydrogens is 252 g/mol. The Morgan fingerprint density at radius 2 is 2.06 bits per heavy atom. The summed E-state index contributed by atoms with van der Waals surface area (Å²) >= 11 is 0. The van der Waals surface area contributed by atoms with Gasteiger partial charge in [-0.15, -0.1) is 0 Å². The van der Waals surface area contributed by atoms with Gasteiger partial charge in [-0.1, -0.05) is 6.92 Å². The van der Waals surface area contributed by atoms with E-state index in [4.69, 9.17) is 10.5 Å². The Hall–Kier alpha value is -1.27. The third kappa shape index (κ3) is 2.76. The first-order chi connectivity index (χ1) is 8.34. The molecule has 5 nitrogen and oxygen atoms in total. The predicted molar refractivity (Wildman–Crippen MR) is 72.1 cm³/mol. The molecule has 6 heteroatoms. The third-order valence-electron chi connectivity index (χ3n) is 3.06. The van der Waals surface area contributed by atoms with Crippen LogP contribution in [-0.4, -0.2) is 32.9 Å². The Kier molecular flexibility index (Phi) is 4.59. The van der Waals surface area contributed by atoms with E-state index in [9.17, 15) is 8.42 Å². The summed E-state index contributed by atoms with van der Waals surface area (Å²) in [6, 6.07) is 4.52. The van der Waals surface area contributed by atoms with Crippen LogP contribution in [-0.2, 0) is 10.0 Å². The lowest BCUT2D eigenvalue weighted by molar-refractivity contribution is 0.371. The zero-order valence-corrected chi connectivity index (χ0v) is 12.0. The van der Waals surface area contributed by atoms with Gasteiger partial charge >= 0.3 is 0 Å². The molecule has 1 aromatic rings. The molecule has 0 amide bonds. The Morgan fingerprint density at radius 3 is 2.56 bits per heavy atom. The van der Waals surface area contributed by atoms with E-state index in [1.54, 1.807) is 19.2 Å². The molecule has 0 aliphatic carbocycles. The molecule has 0 aliphatic heterocycles. The molecule has 0 saturated heterocycles. The molecule has 1 rings (SSSR count). The molecule has 1 unspecified atom stereocenters. The predicted octanol–water partition coefficient (Wildman–Crippen LogP) is 1.70. The molecule has 0 fully saturated rings. The van der Waals surface area contributed by atoms with Gasteiger partial charge in [0.05, 0.1) is 7.11 Å². The van der Waals surface area contributed by atoms with Gasteiger partial charge in [-0.05, 0) is 31.5 Å². The lowest BCUT2D eigenvalue weighted by Crippen LogP contribution is -2.34. The van der Waals surface area contributed by atoms with Crippen LogP contribution in [0.1, 0.15) is 20.3 Å². The second kappa shape index (κ2) is 5.58. The molecular formula is C12H20N2O3S. The third-order valence-corrected chi connectivity index (χ3v) is 5.05. The van der Waals surface area contributed by atoms with E-state index in [0.717, 1.165) is 6.42 Å². The van der Waals surface area contributed by atoms with Crippen LogP contribution in [0, 0.1) is 0 Å². The lowest BCUT2D eigenvalue weighted by atomic mass is 10.3. The smallest absolute Gasteiger partial charge is 0.246 e. The summed E-state index contributed by atoms with van der Waals surface area (Å²) in [4.78, 5) is 0.104. The molecule has 2 N–H and O–H groups in total. The number of methoxy groups -OCH3 is 1. The number of nitrogens with zero attached hydrogens (tertiary/aromatic N) is 1. The first-order valence-corrected chi connectivity index (χ1v) is 7.20. The van der Waals surface area contributed by atoms with E-state index in [-0.39, 0.29) is 10.9 Å². The molecule has 0 heterocycles. The van der Waals surface area contributed by atoms with Gasteiger partial charge in [0, 0.05) is 18.8 Å². The number of nitrogen functional groups attached to an aromatic ring is 1. The monoisotopic (exact) mass is 272 g/mol. The summed E-state index contributed by atoms with van der Waals surface area (Å²) in [6.45, 7) is 3.80. The second-order valence-corrected chi connectivity index (χ2v) is 6.15. The van der Waals surface area contributed by atoms with Crippen molar-refractivity contribution in [2.75, 3.05) is 19.9 Å². The number of sulfonamides is 1. The molecule has 0 spiro atoms. The van der Waals surface area contributed by atoms with E-state index in [1.807, 2.05) is 13.8 Å². The van der Waals surface area contributed by atoms with Crippen molar-refractivity contribution in [3.05, 3.63) is 18.2 Å². The molecule has 102 valence electrons. The van der Waals surface area contributed by atoms with E-state index >= 15 is 0 Å². The Labute approximate surface area is 109 Å². The number of anilines is 1. The van der Waals surface area contributed by atoms with Crippen LogP contribution >= 0.6 is 0 Å². The van der Waals surface area contributed by atoms with Crippen LogP contribution in [0.2, 0.25) is 0 Å². The Morgan fingerprint density at radius 1 is 1.44 bits per heavy atom. The van der Waals surface area contributed by atoms with Crippen molar-refractivity contribution in [1.29, 1.82) is 0 Å². The summed E-state index contributed by atoms with van der Waals surface area (Å²) < 4.78 is 31.3. The van der Waals surface area contributed by atoms with Crippen LogP contribution in [0.25, 0.3) is 0 Å². The summed E-state index contributed by atoms with van der Waals surface area (Å²) in [7, 11) is -0.587. The molecule has 0 bridgehead atoms. The molecule has 0 radical (unpaired) electrons. The van der Waals surface area contributed by atoms with Gasteiger partial charge < -0.3 is 10.5 Å². The first kappa shape index (κ1) is 14.8. The molecule has 0 aliphatic rings. The zero-order chi connectivity index (χ0) is 13.9. The van der Waals surface area contributed by atoms with Crippen molar-refractivity contribution in [2.45, 2.75) is 31.2 Å². The van der Waals surface area contributed by atoms with E-state index < -0.39 is 10.0 Å². The number of nitrogens with two attached hydrogens (primary N) is 1. The normalized spacial score (nSPS) is 13.6. The van der Waals surface area contributed by atoms with E-state index in [0.29, 0.717) is 11.4 Å². The van der Waals surface area contributed by atoms with Crippen molar-refractivity contribution in [2.24, 2.45) is 0 Å². The summed E-state index contributed by atoms with van der Waals surface area (Å²) in [5.74, 6) is 0.305. The maximum absolute atomic E-state index is 12.5. The topological polar surface area (TPSA) is 72.6 Å². The number of hydrogen-bond donors (Lipinski definition) is 1. The minimum Gasteiger partial charge on any atom is -0.495 e. The summed E-state index contributed by atoms with van der Waals surface area (Å²) in [5.41, 5.74) is 6.04. The van der Waals surface area contributed by atoms with Gasteiger partial charge in [0.15, 0.2) is 0 Å². The number of benzene rings is 1. The van der Waals surface area contributed by atoms with Crippen molar-refractivity contribution in [3.63, 3.8) is 0 Å². The highest BCUT2D eigenvalue weighted by Crippen LogP contribution is 2.29. The quantitative estimate of drug-likeness (QED) is 0.828. The van der Waals surface area contributed by atoms with Crippen LogP contribution in [0.15, 0.2) is 23.1 Å². The van der Waals surface area contributed by atoms with Gasteiger partial charge in [0.1, 0.15) is 10.6 Å². The van der Waals surface area contributed by atoms with Crippen LogP contribution in [0.4, 0.5) is 5.69 Å². The van der Waals surface area contributed by atoms with Crippen molar-refractivity contribution < 1.29 is 13.2 Å². The SMILES string of the molecule is CCC(C)N(C)S(=O)(=O)c1cc(N)ccc1OC. The zero-order valence-electron chi connectivity index (χ0n) is 11.2. The van der Waals surface area contributed by atoms with Crippen LogP contribution < -0.4 is 10.5 Å². The maximum atomic E-state index is 12.5. The van der Waals surface area contributed by atoms with Gasteiger partial charge in [0.2, 0.25) is 10.0 Å². The van der Waals surface area contributed by atoms with Gasteiger partial charge in [-0.3, -0.25) is 0 Å². The fraction of sp³-hybridized carbons (Fsp3) is 0.500. The van der Waals surface area contributed by atoms with E-state index in [2.05, 4.69) is 0 Å². The molecule has 1 aromatic carbocycles. The highest BCUT2D eigenvalue weighted by Gasteiger charge is 2.27. The van der Waals surface area contributed by atoms with Crippen molar-refractivity contribution in [1.82, 2.24) is 4.31 Å². The number of rotatable bonds is 5. The summed E-state index contributed by atoms with van der Waals surface area (Å²) in [5, 5.41) is 0. The average Bonchev–Trinajstić information content (AvgIpc) is 2.36. The molecule has 0 saturated carbocycles. The van der Waals surface area contributed by atoms with Gasteiger partial charge in [-0.2, -0.15) is 4.31 Å². The minimum absolute atomic E-state index is 0.0823. The van der Waals surface area contributed by atoms with Crippen molar-refractivity contribution >= 4 is 15.7 Å². The maximum Gasteiger partial charge on any atom is 0.246 e. The van der Waals surface area contributed by atoms with Crippen molar-refractivity contribution in [3.8, 4) is 5.75 Å². The fourth-order valence-electron chi connectivity index (χ4n) is 1.54. The van der Waals surface area contributed by atoms with E-state index in [1.165, 1.54) is 17.5 Å².